The van der Waals surface area contributed by atoms with Gasteiger partial charge in [0.1, 0.15) is 0 Å². The van der Waals surface area contributed by atoms with Crippen LogP contribution in [-0.4, -0.2) is 29.8 Å². The zero-order valence-electron chi connectivity index (χ0n) is 13.5. The predicted molar refractivity (Wildman–Crippen MR) is 93.8 cm³/mol. The smallest absolute Gasteiger partial charge is 0.00903 e. The molecule has 0 heterocycles. The summed E-state index contributed by atoms with van der Waals surface area (Å²) in [6.45, 7) is 11.5. The largest absolute Gasteiger partial charge is 0.300 e. The van der Waals surface area contributed by atoms with Crippen LogP contribution in [0.3, 0.4) is 0 Å². The average molecular weight is 294 g/mol. The first-order valence-electron chi connectivity index (χ1n) is 8.02. The highest BCUT2D eigenvalue weighted by Crippen LogP contribution is 2.22. The first-order chi connectivity index (χ1) is 9.62. The second-order valence-corrected chi connectivity index (χ2v) is 6.47. The van der Waals surface area contributed by atoms with E-state index in [9.17, 15) is 0 Å². The lowest BCUT2D eigenvalue weighted by atomic mass is 9.98. The summed E-state index contributed by atoms with van der Waals surface area (Å²) in [6, 6.07) is 11.5. The highest BCUT2D eigenvalue weighted by atomic mass is 32.1. The Morgan fingerprint density at radius 3 is 2.05 bits per heavy atom. The van der Waals surface area contributed by atoms with Gasteiger partial charge in [-0.25, -0.2) is 0 Å². The normalized spacial score (nSPS) is 13.4. The zero-order valence-corrected chi connectivity index (χ0v) is 14.4. The molecule has 1 unspecified atom stereocenters. The number of thiol groups is 1. The Balaban J connectivity index is 2.80. The van der Waals surface area contributed by atoms with Crippen LogP contribution < -0.4 is 0 Å². The summed E-state index contributed by atoms with van der Waals surface area (Å²) < 4.78 is 0. The van der Waals surface area contributed by atoms with Crippen LogP contribution in [0.1, 0.15) is 52.0 Å². The van der Waals surface area contributed by atoms with E-state index in [2.05, 4.69) is 75.6 Å². The third-order valence-electron chi connectivity index (χ3n) is 4.00. The molecule has 114 valence electrons. The lowest BCUT2D eigenvalue weighted by Crippen LogP contribution is -2.40. The molecule has 0 N–H and O–H groups in total. The van der Waals surface area contributed by atoms with Crippen LogP contribution in [0.4, 0.5) is 0 Å². The Labute approximate surface area is 131 Å². The van der Waals surface area contributed by atoms with Crippen LogP contribution in [0.5, 0.6) is 0 Å². The number of nitrogens with zero attached hydrogens (tertiary/aromatic N) is 1. The van der Waals surface area contributed by atoms with E-state index >= 15 is 0 Å². The number of benzene rings is 1. The van der Waals surface area contributed by atoms with Crippen LogP contribution >= 0.6 is 12.6 Å². The lowest BCUT2D eigenvalue weighted by Gasteiger charge is -2.34. The van der Waals surface area contributed by atoms with Crippen molar-refractivity contribution >= 4 is 12.6 Å². The van der Waals surface area contributed by atoms with Gasteiger partial charge < -0.3 is 0 Å². The summed E-state index contributed by atoms with van der Waals surface area (Å²) in [5.74, 6) is 2.16. The van der Waals surface area contributed by atoms with Gasteiger partial charge in [-0.15, -0.1) is 0 Å². The second-order valence-electron chi connectivity index (χ2n) is 6.11. The molecule has 0 amide bonds. The Kier molecular flexibility index (Phi) is 8.32. The molecule has 1 aromatic rings. The molecule has 0 radical (unpaired) electrons. The Hall–Kier alpha value is -0.470. The fraction of sp³-hybridized carbons (Fsp3) is 0.667. The van der Waals surface area contributed by atoms with Crippen molar-refractivity contribution in [3.05, 3.63) is 35.9 Å². The Bertz CT molecular complexity index is 346. The topological polar surface area (TPSA) is 3.24 Å². The molecule has 0 bridgehead atoms. The van der Waals surface area contributed by atoms with E-state index < -0.39 is 0 Å². The van der Waals surface area contributed by atoms with Gasteiger partial charge in [-0.05, 0) is 30.1 Å². The highest BCUT2D eigenvalue weighted by molar-refractivity contribution is 7.80. The van der Waals surface area contributed by atoms with Crippen LogP contribution in [-0.2, 0) is 0 Å². The molecular weight excluding hydrogens is 262 g/mol. The minimum Gasteiger partial charge on any atom is -0.300 e. The van der Waals surface area contributed by atoms with Crippen LogP contribution in [0.15, 0.2) is 30.3 Å². The zero-order chi connectivity index (χ0) is 15.0. The predicted octanol–water partition coefficient (Wildman–Crippen LogP) is 4.85. The molecule has 2 heteroatoms. The average Bonchev–Trinajstić information content (AvgIpc) is 2.46. The molecule has 0 aliphatic heterocycles. The molecule has 0 fully saturated rings. The van der Waals surface area contributed by atoms with E-state index in [4.69, 9.17) is 0 Å². The lowest BCUT2D eigenvalue weighted by molar-refractivity contribution is 0.159. The molecule has 1 nitrogen and oxygen atoms in total. The SMILES string of the molecule is CCC(CC)N(CC(C)C)CC(CS)c1ccccc1. The summed E-state index contributed by atoms with van der Waals surface area (Å²) in [5, 5.41) is 0. The van der Waals surface area contributed by atoms with Crippen molar-refractivity contribution in [1.82, 2.24) is 4.90 Å². The standard InChI is InChI=1S/C18H31NS/c1-5-18(6-2)19(12-15(3)4)13-17(14-20)16-10-8-7-9-11-16/h7-11,15,17-18,20H,5-6,12-14H2,1-4H3. The van der Waals surface area contributed by atoms with Crippen molar-refractivity contribution in [2.45, 2.75) is 52.5 Å². The summed E-state index contributed by atoms with van der Waals surface area (Å²) in [6.07, 6.45) is 2.47. The van der Waals surface area contributed by atoms with E-state index in [1.54, 1.807) is 0 Å². The maximum absolute atomic E-state index is 4.59. The van der Waals surface area contributed by atoms with Crippen LogP contribution in [0, 0.1) is 5.92 Å². The van der Waals surface area contributed by atoms with Gasteiger partial charge in [-0.2, -0.15) is 12.6 Å². The summed E-state index contributed by atoms with van der Waals surface area (Å²) in [5.41, 5.74) is 1.42. The monoisotopic (exact) mass is 293 g/mol. The molecule has 1 aromatic carbocycles. The van der Waals surface area contributed by atoms with E-state index in [0.717, 1.165) is 12.3 Å². The Morgan fingerprint density at radius 2 is 1.60 bits per heavy atom. The van der Waals surface area contributed by atoms with Gasteiger partial charge in [0.2, 0.25) is 0 Å². The van der Waals surface area contributed by atoms with E-state index in [-0.39, 0.29) is 0 Å². The van der Waals surface area contributed by atoms with Crippen LogP contribution in [0.25, 0.3) is 0 Å². The van der Waals surface area contributed by atoms with Gasteiger partial charge in [0.15, 0.2) is 0 Å². The van der Waals surface area contributed by atoms with Crippen molar-refractivity contribution in [2.24, 2.45) is 5.92 Å². The van der Waals surface area contributed by atoms with Gasteiger partial charge in [0.25, 0.3) is 0 Å². The summed E-state index contributed by atoms with van der Waals surface area (Å²) >= 11 is 4.59. The van der Waals surface area contributed by atoms with Crippen molar-refractivity contribution in [3.63, 3.8) is 0 Å². The third kappa shape index (κ3) is 5.49. The minimum atomic E-state index is 0.527. The number of hydrogen-bond donors (Lipinski definition) is 1. The summed E-state index contributed by atoms with van der Waals surface area (Å²) in [7, 11) is 0. The second kappa shape index (κ2) is 9.46. The summed E-state index contributed by atoms with van der Waals surface area (Å²) in [4.78, 5) is 2.68. The molecule has 0 aliphatic rings. The fourth-order valence-corrected chi connectivity index (χ4v) is 3.25. The Morgan fingerprint density at radius 1 is 1.00 bits per heavy atom. The molecular formula is C18H31NS. The van der Waals surface area contributed by atoms with Gasteiger partial charge >= 0.3 is 0 Å². The van der Waals surface area contributed by atoms with Gasteiger partial charge in [0, 0.05) is 25.0 Å². The molecule has 1 atom stereocenters. The van der Waals surface area contributed by atoms with Crippen molar-refractivity contribution in [3.8, 4) is 0 Å². The maximum Gasteiger partial charge on any atom is 0.00903 e. The molecule has 0 aliphatic carbocycles. The molecule has 0 aromatic heterocycles. The first kappa shape index (κ1) is 17.6. The van der Waals surface area contributed by atoms with Crippen LogP contribution in [0.2, 0.25) is 0 Å². The van der Waals surface area contributed by atoms with E-state index in [1.807, 2.05) is 0 Å². The highest BCUT2D eigenvalue weighted by Gasteiger charge is 2.21. The first-order valence-corrected chi connectivity index (χ1v) is 8.65. The molecule has 20 heavy (non-hydrogen) atoms. The minimum absolute atomic E-state index is 0.527. The third-order valence-corrected chi connectivity index (χ3v) is 4.45. The van der Waals surface area contributed by atoms with Crippen molar-refractivity contribution in [1.29, 1.82) is 0 Å². The number of hydrogen-bond acceptors (Lipinski definition) is 2. The molecule has 0 spiro atoms. The quantitative estimate of drug-likeness (QED) is 0.637. The number of rotatable bonds is 9. The maximum atomic E-state index is 4.59. The van der Waals surface area contributed by atoms with E-state index in [1.165, 1.54) is 24.9 Å². The van der Waals surface area contributed by atoms with Gasteiger partial charge in [0.05, 0.1) is 0 Å². The van der Waals surface area contributed by atoms with E-state index in [0.29, 0.717) is 17.9 Å². The van der Waals surface area contributed by atoms with Crippen molar-refractivity contribution < 1.29 is 0 Å². The van der Waals surface area contributed by atoms with Crippen molar-refractivity contribution in [2.75, 3.05) is 18.8 Å². The molecule has 1 rings (SSSR count). The fourth-order valence-electron chi connectivity index (χ4n) is 2.92. The van der Waals surface area contributed by atoms with Gasteiger partial charge in [-0.3, -0.25) is 4.90 Å². The molecule has 0 saturated carbocycles. The molecule has 0 saturated heterocycles. The van der Waals surface area contributed by atoms with Gasteiger partial charge in [-0.1, -0.05) is 58.0 Å².